The van der Waals surface area contributed by atoms with E-state index < -0.39 is 0 Å². The highest BCUT2D eigenvalue weighted by atomic mass is 79.9. The molecule has 114 valence electrons. The fourth-order valence-corrected chi connectivity index (χ4v) is 2.80. The molecule has 2 nitrogen and oxygen atoms in total. The van der Waals surface area contributed by atoms with Crippen LogP contribution < -0.4 is 10.6 Å². The van der Waals surface area contributed by atoms with Gasteiger partial charge in [-0.25, -0.2) is 0 Å². The van der Waals surface area contributed by atoms with Crippen molar-refractivity contribution in [1.29, 1.82) is 0 Å². The van der Waals surface area contributed by atoms with E-state index in [9.17, 15) is 0 Å². The van der Waals surface area contributed by atoms with E-state index in [2.05, 4.69) is 66.7 Å². The lowest BCUT2D eigenvalue weighted by molar-refractivity contribution is 0.591. The van der Waals surface area contributed by atoms with Gasteiger partial charge >= 0.3 is 0 Å². The van der Waals surface area contributed by atoms with Gasteiger partial charge in [-0.1, -0.05) is 42.3 Å². The molecule has 1 aromatic carbocycles. The summed E-state index contributed by atoms with van der Waals surface area (Å²) in [7, 11) is 0. The van der Waals surface area contributed by atoms with Crippen molar-refractivity contribution in [3.05, 3.63) is 28.2 Å². The molecule has 2 atom stereocenters. The van der Waals surface area contributed by atoms with Gasteiger partial charge in [0.15, 0.2) is 0 Å². The summed E-state index contributed by atoms with van der Waals surface area (Å²) in [6, 6.07) is 7.34. The maximum atomic E-state index is 6.01. The first-order chi connectivity index (χ1) is 9.49. The number of hydrogen-bond acceptors (Lipinski definition) is 2. The number of benzene rings is 1. The zero-order valence-corrected chi connectivity index (χ0v) is 14.9. The number of nitrogens with two attached hydrogens (primary N) is 1. The van der Waals surface area contributed by atoms with Crippen molar-refractivity contribution in [3.8, 4) is 0 Å². The van der Waals surface area contributed by atoms with Gasteiger partial charge in [-0.05, 0) is 50.8 Å². The van der Waals surface area contributed by atoms with Crippen LogP contribution >= 0.6 is 15.9 Å². The molecule has 20 heavy (non-hydrogen) atoms. The molecule has 2 unspecified atom stereocenters. The molecule has 0 amide bonds. The summed E-state index contributed by atoms with van der Waals surface area (Å²) < 4.78 is 1.14. The first-order valence-electron chi connectivity index (χ1n) is 7.80. The van der Waals surface area contributed by atoms with Gasteiger partial charge in [0.25, 0.3) is 0 Å². The Balaban J connectivity index is 3.11. The van der Waals surface area contributed by atoms with Crippen LogP contribution in [0.15, 0.2) is 22.7 Å². The highest BCUT2D eigenvalue weighted by Gasteiger charge is 2.17. The van der Waals surface area contributed by atoms with E-state index in [0.717, 1.165) is 23.9 Å². The Labute approximate surface area is 132 Å². The number of halogens is 1. The van der Waals surface area contributed by atoms with E-state index in [1.54, 1.807) is 0 Å². The lowest BCUT2D eigenvalue weighted by Gasteiger charge is -2.33. The minimum absolute atomic E-state index is 0.194. The SMILES string of the molecule is CCCCN(c1cc(Br)ccc1CC(C)N)C(C)CC. The van der Waals surface area contributed by atoms with Crippen molar-refractivity contribution in [3.63, 3.8) is 0 Å². The quantitative estimate of drug-likeness (QED) is 0.740. The monoisotopic (exact) mass is 340 g/mol. The highest BCUT2D eigenvalue weighted by molar-refractivity contribution is 9.10. The van der Waals surface area contributed by atoms with Gasteiger partial charge in [-0.2, -0.15) is 0 Å². The molecule has 1 rings (SSSR count). The lowest BCUT2D eigenvalue weighted by Crippen LogP contribution is -2.34. The number of anilines is 1. The Hall–Kier alpha value is -0.540. The van der Waals surface area contributed by atoms with Gasteiger partial charge in [0.2, 0.25) is 0 Å². The van der Waals surface area contributed by atoms with E-state index in [1.165, 1.54) is 24.1 Å². The minimum Gasteiger partial charge on any atom is -0.369 e. The van der Waals surface area contributed by atoms with Crippen molar-refractivity contribution in [1.82, 2.24) is 0 Å². The average molecular weight is 341 g/mol. The molecule has 3 heteroatoms. The Morgan fingerprint density at radius 1 is 1.25 bits per heavy atom. The number of rotatable bonds is 8. The van der Waals surface area contributed by atoms with Gasteiger partial charge < -0.3 is 10.6 Å². The highest BCUT2D eigenvalue weighted by Crippen LogP contribution is 2.29. The largest absolute Gasteiger partial charge is 0.369 e. The van der Waals surface area contributed by atoms with Crippen molar-refractivity contribution >= 4 is 21.6 Å². The first kappa shape index (κ1) is 17.5. The molecule has 0 saturated heterocycles. The second-order valence-electron chi connectivity index (χ2n) is 5.76. The van der Waals surface area contributed by atoms with Gasteiger partial charge in [0.1, 0.15) is 0 Å². The second-order valence-corrected chi connectivity index (χ2v) is 6.67. The Morgan fingerprint density at radius 2 is 1.95 bits per heavy atom. The molecule has 0 fully saturated rings. The molecule has 0 saturated carbocycles. The first-order valence-corrected chi connectivity index (χ1v) is 8.59. The van der Waals surface area contributed by atoms with Crippen molar-refractivity contribution in [2.45, 2.75) is 65.5 Å². The minimum atomic E-state index is 0.194. The molecule has 0 aliphatic carbocycles. The molecule has 0 heterocycles. The van der Waals surface area contributed by atoms with Gasteiger partial charge in [0.05, 0.1) is 0 Å². The van der Waals surface area contributed by atoms with Crippen LogP contribution in [0.4, 0.5) is 5.69 Å². The van der Waals surface area contributed by atoms with Gasteiger partial charge in [-0.3, -0.25) is 0 Å². The second kappa shape index (κ2) is 8.68. The fourth-order valence-electron chi connectivity index (χ4n) is 2.45. The Kier molecular flexibility index (Phi) is 7.60. The smallest absolute Gasteiger partial charge is 0.0413 e. The summed E-state index contributed by atoms with van der Waals surface area (Å²) in [4.78, 5) is 2.55. The van der Waals surface area contributed by atoms with Gasteiger partial charge in [0, 0.05) is 28.8 Å². The molecule has 0 spiro atoms. The summed E-state index contributed by atoms with van der Waals surface area (Å²) in [5, 5.41) is 0. The molecular weight excluding hydrogens is 312 g/mol. The van der Waals surface area contributed by atoms with Crippen LogP contribution in [-0.2, 0) is 6.42 Å². The van der Waals surface area contributed by atoms with E-state index in [-0.39, 0.29) is 6.04 Å². The molecule has 2 N–H and O–H groups in total. The Bertz CT molecular complexity index is 404. The third-order valence-corrected chi connectivity index (χ3v) is 4.27. The number of hydrogen-bond donors (Lipinski definition) is 1. The maximum absolute atomic E-state index is 6.01. The molecule has 0 bridgehead atoms. The third kappa shape index (κ3) is 5.10. The molecule has 0 aliphatic heterocycles. The van der Waals surface area contributed by atoms with Crippen molar-refractivity contribution in [2.75, 3.05) is 11.4 Å². The van der Waals surface area contributed by atoms with Crippen LogP contribution in [0.2, 0.25) is 0 Å². The van der Waals surface area contributed by atoms with E-state index in [0.29, 0.717) is 6.04 Å². The molecule has 0 aliphatic rings. The van der Waals surface area contributed by atoms with E-state index in [1.807, 2.05) is 0 Å². The van der Waals surface area contributed by atoms with Crippen LogP contribution in [0.25, 0.3) is 0 Å². The normalized spacial score (nSPS) is 14.1. The predicted molar refractivity (Wildman–Crippen MR) is 93.5 cm³/mol. The van der Waals surface area contributed by atoms with Crippen molar-refractivity contribution in [2.24, 2.45) is 5.73 Å². The molecular formula is C17H29BrN2. The van der Waals surface area contributed by atoms with Crippen LogP contribution in [0.3, 0.4) is 0 Å². The van der Waals surface area contributed by atoms with Gasteiger partial charge in [-0.15, -0.1) is 0 Å². The van der Waals surface area contributed by atoms with E-state index >= 15 is 0 Å². The van der Waals surface area contributed by atoms with Crippen LogP contribution in [0, 0.1) is 0 Å². The number of unbranched alkanes of at least 4 members (excludes halogenated alkanes) is 1. The average Bonchev–Trinajstić information content (AvgIpc) is 2.41. The third-order valence-electron chi connectivity index (χ3n) is 3.77. The standard InChI is InChI=1S/C17H29BrN2/c1-5-7-10-20(14(4)6-2)17-12-16(18)9-8-15(17)11-13(3)19/h8-9,12-14H,5-7,10-11,19H2,1-4H3. The molecule has 0 aromatic heterocycles. The predicted octanol–water partition coefficient (Wildman–Crippen LogP) is 4.74. The maximum Gasteiger partial charge on any atom is 0.0413 e. The Morgan fingerprint density at radius 3 is 2.50 bits per heavy atom. The van der Waals surface area contributed by atoms with Crippen molar-refractivity contribution < 1.29 is 0 Å². The number of nitrogens with zero attached hydrogens (tertiary/aromatic N) is 1. The summed E-state index contributed by atoms with van der Waals surface area (Å²) in [6.45, 7) is 10.0. The summed E-state index contributed by atoms with van der Waals surface area (Å²) >= 11 is 3.61. The fraction of sp³-hybridized carbons (Fsp3) is 0.647. The summed E-state index contributed by atoms with van der Waals surface area (Å²) in [6.07, 6.45) is 4.55. The summed E-state index contributed by atoms with van der Waals surface area (Å²) in [5.41, 5.74) is 8.72. The van der Waals surface area contributed by atoms with Crippen LogP contribution in [0.1, 0.15) is 52.5 Å². The summed E-state index contributed by atoms with van der Waals surface area (Å²) in [5.74, 6) is 0. The zero-order valence-electron chi connectivity index (χ0n) is 13.3. The topological polar surface area (TPSA) is 29.3 Å². The van der Waals surface area contributed by atoms with E-state index in [4.69, 9.17) is 5.73 Å². The van der Waals surface area contributed by atoms with Crippen LogP contribution in [0.5, 0.6) is 0 Å². The lowest BCUT2D eigenvalue weighted by atomic mass is 10.0. The molecule has 0 radical (unpaired) electrons. The molecule has 1 aromatic rings. The zero-order chi connectivity index (χ0) is 15.1. The van der Waals surface area contributed by atoms with Crippen LogP contribution in [-0.4, -0.2) is 18.6 Å².